The lowest BCUT2D eigenvalue weighted by molar-refractivity contribution is -0.177. The minimum absolute atomic E-state index is 0.0306. The number of hydrogen-bond donors (Lipinski definition) is 3. The number of nitrogens with two attached hydrogens (primary N) is 1. The Morgan fingerprint density at radius 2 is 1.71 bits per heavy atom. The first kappa shape index (κ1) is 26.1. The van der Waals surface area contributed by atoms with E-state index in [2.05, 4.69) is 64.5 Å². The van der Waals surface area contributed by atoms with E-state index in [9.17, 15) is 14.7 Å². The minimum atomic E-state index is -0.615. The first-order valence-electron chi connectivity index (χ1n) is 14.8. The first-order valence-corrected chi connectivity index (χ1v) is 14.8. The number of carboxylic acid groups (broad SMARTS) is 1. The van der Waals surface area contributed by atoms with E-state index < -0.39 is 11.4 Å². The highest BCUT2D eigenvalue weighted by Gasteiger charge is 2.69. The van der Waals surface area contributed by atoms with Crippen molar-refractivity contribution in [2.75, 3.05) is 5.73 Å². The third kappa shape index (κ3) is 3.04. The molecule has 0 amide bonds. The molecule has 6 heteroatoms. The third-order valence-electron chi connectivity index (χ3n) is 13.4. The Labute approximate surface area is 227 Å². The van der Waals surface area contributed by atoms with Gasteiger partial charge in [-0.3, -0.25) is 14.6 Å². The standard InChI is InChI=1S/C32H47N3O3/c1-27(2)12-14-32(25(37)38)15-13-30(6)19(20(32)17-27)8-9-22-29(5)16-18-23(34-26(33)35-24(18)36)28(3,4)21(29)10-11-31(22,30)7/h8,20-22H,9-17H2,1-7H3,(H,37,38)(H3,33,34,35,36)/t20-,21-,22+,29-,30+,31+,32-/m0/s1. The van der Waals surface area contributed by atoms with Crippen molar-refractivity contribution >= 4 is 11.9 Å². The van der Waals surface area contributed by atoms with E-state index in [-0.39, 0.29) is 44.5 Å². The predicted octanol–water partition coefficient (Wildman–Crippen LogP) is 6.25. The highest BCUT2D eigenvalue weighted by Crippen LogP contribution is 2.75. The number of aliphatic carboxylic acids is 1. The molecule has 0 bridgehead atoms. The summed E-state index contributed by atoms with van der Waals surface area (Å²) in [4.78, 5) is 33.5. The van der Waals surface area contributed by atoms with Gasteiger partial charge in [-0.05, 0) is 97.2 Å². The van der Waals surface area contributed by atoms with Gasteiger partial charge < -0.3 is 10.8 Å². The number of H-pyrrole nitrogens is 1. The molecule has 6 rings (SSSR count). The number of anilines is 1. The molecule has 0 unspecified atom stereocenters. The molecule has 3 fully saturated rings. The smallest absolute Gasteiger partial charge is 0.310 e. The van der Waals surface area contributed by atoms with E-state index in [0.717, 1.165) is 69.0 Å². The van der Waals surface area contributed by atoms with Crippen LogP contribution in [0.3, 0.4) is 0 Å². The molecule has 4 N–H and O–H groups in total. The Bertz CT molecular complexity index is 1310. The second-order valence-corrected chi connectivity index (χ2v) is 15.9. The number of carbonyl (C=O) groups is 1. The van der Waals surface area contributed by atoms with Crippen LogP contribution < -0.4 is 11.3 Å². The maximum atomic E-state index is 13.2. The predicted molar refractivity (Wildman–Crippen MR) is 150 cm³/mol. The van der Waals surface area contributed by atoms with Crippen molar-refractivity contribution in [2.24, 2.45) is 44.8 Å². The lowest BCUT2D eigenvalue weighted by Gasteiger charge is -2.70. The topological polar surface area (TPSA) is 109 Å². The first-order chi connectivity index (χ1) is 17.5. The van der Waals surface area contributed by atoms with Crippen LogP contribution in [0.1, 0.15) is 111 Å². The molecule has 7 atom stereocenters. The Hall–Kier alpha value is -2.11. The minimum Gasteiger partial charge on any atom is -0.481 e. The molecule has 5 aliphatic rings. The number of aromatic nitrogens is 2. The second kappa shape index (κ2) is 7.54. The number of aromatic amines is 1. The molecule has 208 valence electrons. The van der Waals surface area contributed by atoms with Gasteiger partial charge in [0, 0.05) is 11.0 Å². The second-order valence-electron chi connectivity index (χ2n) is 15.9. The summed E-state index contributed by atoms with van der Waals surface area (Å²) >= 11 is 0. The van der Waals surface area contributed by atoms with Crippen molar-refractivity contribution in [3.63, 3.8) is 0 Å². The molecule has 6 nitrogen and oxygen atoms in total. The van der Waals surface area contributed by atoms with Crippen molar-refractivity contribution in [3.05, 3.63) is 33.3 Å². The Kier molecular flexibility index (Phi) is 5.19. The summed E-state index contributed by atoms with van der Waals surface area (Å²) in [6.45, 7) is 16.6. The highest BCUT2D eigenvalue weighted by molar-refractivity contribution is 5.76. The molecule has 1 aromatic heterocycles. The average Bonchev–Trinajstić information content (AvgIpc) is 2.80. The summed E-state index contributed by atoms with van der Waals surface area (Å²) in [5.74, 6) is 0.567. The van der Waals surface area contributed by atoms with E-state index >= 15 is 0 Å². The van der Waals surface area contributed by atoms with Gasteiger partial charge in [-0.25, -0.2) is 4.98 Å². The lowest BCUT2D eigenvalue weighted by atomic mass is 9.33. The molecule has 0 aliphatic heterocycles. The third-order valence-corrected chi connectivity index (χ3v) is 13.4. The highest BCUT2D eigenvalue weighted by atomic mass is 16.4. The number of nitrogen functional groups attached to an aromatic ring is 1. The summed E-state index contributed by atoms with van der Waals surface area (Å²) in [5.41, 5.74) is 8.35. The summed E-state index contributed by atoms with van der Waals surface area (Å²) in [6.07, 6.45) is 10.9. The van der Waals surface area contributed by atoms with Crippen molar-refractivity contribution in [3.8, 4) is 0 Å². The average molecular weight is 522 g/mol. The quantitative estimate of drug-likeness (QED) is 0.378. The van der Waals surface area contributed by atoms with E-state index in [1.165, 1.54) is 5.57 Å². The number of nitrogens with one attached hydrogen (secondary N) is 1. The van der Waals surface area contributed by atoms with E-state index in [4.69, 9.17) is 5.73 Å². The maximum Gasteiger partial charge on any atom is 0.310 e. The van der Waals surface area contributed by atoms with E-state index in [1.54, 1.807) is 0 Å². The van der Waals surface area contributed by atoms with Gasteiger partial charge in [0.1, 0.15) is 0 Å². The molecule has 1 aromatic rings. The fourth-order valence-electron chi connectivity index (χ4n) is 11.2. The van der Waals surface area contributed by atoms with Crippen LogP contribution in [0.15, 0.2) is 16.4 Å². The summed E-state index contributed by atoms with van der Waals surface area (Å²) in [5, 5.41) is 10.6. The van der Waals surface area contributed by atoms with Crippen LogP contribution in [0.25, 0.3) is 0 Å². The fraction of sp³-hybridized carbons (Fsp3) is 0.781. The van der Waals surface area contributed by atoms with Crippen LogP contribution >= 0.6 is 0 Å². The number of carboxylic acids is 1. The number of nitrogens with zero attached hydrogens (tertiary/aromatic N) is 1. The van der Waals surface area contributed by atoms with Gasteiger partial charge in [0.2, 0.25) is 5.95 Å². The molecule has 38 heavy (non-hydrogen) atoms. The lowest BCUT2D eigenvalue weighted by Crippen LogP contribution is -2.65. The molecule has 3 saturated carbocycles. The number of allylic oxidation sites excluding steroid dienone is 2. The zero-order valence-corrected chi connectivity index (χ0v) is 24.5. The van der Waals surface area contributed by atoms with Crippen LogP contribution in [-0.2, 0) is 16.6 Å². The van der Waals surface area contributed by atoms with Crippen molar-refractivity contribution in [2.45, 2.75) is 112 Å². The van der Waals surface area contributed by atoms with Crippen LogP contribution in [0, 0.1) is 44.8 Å². The molecule has 0 radical (unpaired) electrons. The maximum absolute atomic E-state index is 13.2. The van der Waals surface area contributed by atoms with Crippen LogP contribution in [-0.4, -0.2) is 21.0 Å². The summed E-state index contributed by atoms with van der Waals surface area (Å²) in [6, 6.07) is 0. The normalized spacial score (nSPS) is 44.4. The van der Waals surface area contributed by atoms with E-state index in [0.29, 0.717) is 11.8 Å². The largest absolute Gasteiger partial charge is 0.481 e. The molecule has 5 aliphatic carbocycles. The molecular weight excluding hydrogens is 474 g/mol. The molecular formula is C32H47N3O3. The van der Waals surface area contributed by atoms with E-state index in [1.807, 2.05) is 0 Å². The van der Waals surface area contributed by atoms with Gasteiger partial charge >= 0.3 is 5.97 Å². The number of fused-ring (bicyclic) bond motifs is 8. The molecule has 0 spiro atoms. The van der Waals surface area contributed by atoms with Gasteiger partial charge in [0.25, 0.3) is 5.56 Å². The van der Waals surface area contributed by atoms with Crippen molar-refractivity contribution in [1.29, 1.82) is 0 Å². The van der Waals surface area contributed by atoms with Crippen LogP contribution in [0.4, 0.5) is 5.95 Å². The van der Waals surface area contributed by atoms with Gasteiger partial charge in [-0.2, -0.15) is 0 Å². The Morgan fingerprint density at radius 1 is 1.03 bits per heavy atom. The van der Waals surface area contributed by atoms with Gasteiger partial charge in [-0.15, -0.1) is 0 Å². The Balaban J connectivity index is 1.48. The SMILES string of the molecule is CC1(C)CC[C@]2(C(=O)O)CC[C@]3(C)C(=CC[C@@H]4[C@@]5(C)Cc6c(nc(N)[nH]c6=O)C(C)(C)[C@@H]5CC[C@]43C)[C@@H]2C1. The zero-order chi connectivity index (χ0) is 27.7. The van der Waals surface area contributed by atoms with Gasteiger partial charge in [-0.1, -0.05) is 60.1 Å². The number of hydrogen-bond acceptors (Lipinski definition) is 4. The van der Waals surface area contributed by atoms with Crippen molar-refractivity contribution in [1.82, 2.24) is 9.97 Å². The molecule has 0 saturated heterocycles. The van der Waals surface area contributed by atoms with Crippen LogP contribution in [0.2, 0.25) is 0 Å². The van der Waals surface area contributed by atoms with Crippen LogP contribution in [0.5, 0.6) is 0 Å². The van der Waals surface area contributed by atoms with Gasteiger partial charge in [0.05, 0.1) is 11.1 Å². The summed E-state index contributed by atoms with van der Waals surface area (Å²) in [7, 11) is 0. The molecule has 0 aromatic carbocycles. The monoisotopic (exact) mass is 521 g/mol. The van der Waals surface area contributed by atoms with Gasteiger partial charge in [0.15, 0.2) is 0 Å². The fourth-order valence-corrected chi connectivity index (χ4v) is 11.2. The summed E-state index contributed by atoms with van der Waals surface area (Å²) < 4.78 is 0. The molecule has 1 heterocycles. The van der Waals surface area contributed by atoms with Crippen molar-refractivity contribution < 1.29 is 9.90 Å². The zero-order valence-electron chi connectivity index (χ0n) is 24.5. The number of rotatable bonds is 1. The Morgan fingerprint density at radius 3 is 2.39 bits per heavy atom.